The molecule has 0 spiro atoms. The molecule has 0 bridgehead atoms. The first-order valence-corrected chi connectivity index (χ1v) is 9.17. The first-order valence-electron chi connectivity index (χ1n) is 9.17. The van der Waals surface area contributed by atoms with E-state index in [1.54, 1.807) is 25.5 Å². The summed E-state index contributed by atoms with van der Waals surface area (Å²) in [4.78, 5) is 17.5. The van der Waals surface area contributed by atoms with Crippen molar-refractivity contribution in [1.82, 2.24) is 9.80 Å². The molecule has 1 aliphatic heterocycles. The number of carbonyl (C=O) groups is 1. The summed E-state index contributed by atoms with van der Waals surface area (Å²) in [5, 5.41) is 0. The first-order chi connectivity index (χ1) is 12.5. The van der Waals surface area contributed by atoms with Crippen molar-refractivity contribution in [2.24, 2.45) is 5.92 Å². The van der Waals surface area contributed by atoms with E-state index in [-0.39, 0.29) is 11.9 Å². The van der Waals surface area contributed by atoms with E-state index >= 15 is 0 Å². The molecule has 1 amide bonds. The molecule has 0 radical (unpaired) electrons. The molecule has 1 aromatic carbocycles. The van der Waals surface area contributed by atoms with Gasteiger partial charge in [-0.05, 0) is 56.1 Å². The number of benzene rings is 1. The molecule has 2 heterocycles. The predicted octanol–water partition coefficient (Wildman–Crippen LogP) is 3.66. The second-order valence-electron chi connectivity index (χ2n) is 7.33. The van der Waals surface area contributed by atoms with Crippen LogP contribution in [0.2, 0.25) is 0 Å². The van der Waals surface area contributed by atoms with Crippen molar-refractivity contribution >= 4 is 5.91 Å². The summed E-state index contributed by atoms with van der Waals surface area (Å²) in [6.45, 7) is 6.00. The Hall–Kier alpha value is -2.27. The van der Waals surface area contributed by atoms with E-state index in [9.17, 15) is 4.79 Å². The molecule has 2 aromatic rings. The van der Waals surface area contributed by atoms with Gasteiger partial charge in [0, 0.05) is 25.2 Å². The van der Waals surface area contributed by atoms with Crippen LogP contribution in [0.3, 0.4) is 0 Å². The quantitative estimate of drug-likeness (QED) is 0.820. The Labute approximate surface area is 155 Å². The minimum Gasteiger partial charge on any atom is -0.497 e. The lowest BCUT2D eigenvalue weighted by atomic mass is 9.88. The standard InChI is InChI=1S/C21H28N2O3/c1-15-13-22(3)16(2)12-19(15)23(21(24)20-6-5-11-26-20)14-17-7-9-18(25-4)10-8-17/h5-11,15-16,19H,12-14H2,1-4H3/t15-,16-,19-/m1/s1. The zero-order chi connectivity index (χ0) is 18.7. The van der Waals surface area contributed by atoms with E-state index in [4.69, 9.17) is 9.15 Å². The molecule has 0 saturated carbocycles. The van der Waals surface area contributed by atoms with Gasteiger partial charge in [0.2, 0.25) is 0 Å². The van der Waals surface area contributed by atoms with Crippen molar-refractivity contribution < 1.29 is 13.9 Å². The normalized spacial score (nSPS) is 23.6. The van der Waals surface area contributed by atoms with E-state index in [2.05, 4.69) is 25.8 Å². The highest BCUT2D eigenvalue weighted by atomic mass is 16.5. The molecule has 0 N–H and O–H groups in total. The number of hydrogen-bond donors (Lipinski definition) is 0. The van der Waals surface area contributed by atoms with Crippen LogP contribution in [-0.4, -0.2) is 48.5 Å². The molecular weight excluding hydrogens is 328 g/mol. The molecule has 1 fully saturated rings. The fourth-order valence-corrected chi connectivity index (χ4v) is 3.76. The molecule has 5 nitrogen and oxygen atoms in total. The van der Waals surface area contributed by atoms with Crippen molar-refractivity contribution in [1.29, 1.82) is 0 Å². The summed E-state index contributed by atoms with van der Waals surface area (Å²) < 4.78 is 10.6. The van der Waals surface area contributed by atoms with Crippen LogP contribution in [-0.2, 0) is 6.54 Å². The van der Waals surface area contributed by atoms with Gasteiger partial charge in [-0.1, -0.05) is 19.1 Å². The third-order valence-corrected chi connectivity index (χ3v) is 5.47. The second-order valence-corrected chi connectivity index (χ2v) is 7.33. The molecule has 1 aromatic heterocycles. The fraction of sp³-hybridized carbons (Fsp3) is 0.476. The maximum atomic E-state index is 13.2. The van der Waals surface area contributed by atoms with Crippen LogP contribution >= 0.6 is 0 Å². The molecule has 140 valence electrons. The predicted molar refractivity (Wildman–Crippen MR) is 101 cm³/mol. The number of furan rings is 1. The number of piperidine rings is 1. The zero-order valence-corrected chi connectivity index (χ0v) is 16.0. The maximum Gasteiger partial charge on any atom is 0.290 e. The van der Waals surface area contributed by atoms with Gasteiger partial charge in [-0.15, -0.1) is 0 Å². The van der Waals surface area contributed by atoms with Gasteiger partial charge in [-0.2, -0.15) is 0 Å². The molecule has 0 unspecified atom stereocenters. The Kier molecular flexibility index (Phi) is 5.67. The molecule has 26 heavy (non-hydrogen) atoms. The van der Waals surface area contributed by atoms with Crippen molar-refractivity contribution in [3.05, 3.63) is 54.0 Å². The van der Waals surface area contributed by atoms with Crippen molar-refractivity contribution in [2.45, 2.75) is 38.9 Å². The number of rotatable bonds is 5. The van der Waals surface area contributed by atoms with E-state index in [0.717, 1.165) is 24.3 Å². The summed E-state index contributed by atoms with van der Waals surface area (Å²) >= 11 is 0. The van der Waals surface area contributed by atoms with E-state index in [1.165, 1.54) is 0 Å². The average molecular weight is 356 g/mol. The van der Waals surface area contributed by atoms with Gasteiger partial charge >= 0.3 is 0 Å². The average Bonchev–Trinajstić information content (AvgIpc) is 3.18. The molecule has 3 rings (SSSR count). The lowest BCUT2D eigenvalue weighted by molar-refractivity contribution is 0.0290. The zero-order valence-electron chi connectivity index (χ0n) is 16.0. The molecule has 5 heteroatoms. The van der Waals surface area contributed by atoms with Gasteiger partial charge in [0.1, 0.15) is 5.75 Å². The lowest BCUT2D eigenvalue weighted by Crippen LogP contribution is -2.53. The third kappa shape index (κ3) is 3.93. The highest BCUT2D eigenvalue weighted by molar-refractivity contribution is 5.91. The number of carbonyl (C=O) groups excluding carboxylic acids is 1. The van der Waals surface area contributed by atoms with Crippen LogP contribution in [0.4, 0.5) is 0 Å². The fourth-order valence-electron chi connectivity index (χ4n) is 3.76. The number of nitrogens with zero attached hydrogens (tertiary/aromatic N) is 2. The van der Waals surface area contributed by atoms with E-state index in [0.29, 0.717) is 24.3 Å². The van der Waals surface area contributed by atoms with Gasteiger partial charge in [0.15, 0.2) is 5.76 Å². The molecular formula is C21H28N2O3. The smallest absolute Gasteiger partial charge is 0.290 e. The van der Waals surface area contributed by atoms with Crippen LogP contribution in [0, 0.1) is 5.92 Å². The molecule has 0 aliphatic carbocycles. The summed E-state index contributed by atoms with van der Waals surface area (Å²) in [6.07, 6.45) is 2.51. The lowest BCUT2D eigenvalue weighted by Gasteiger charge is -2.44. The van der Waals surface area contributed by atoms with Crippen molar-refractivity contribution in [2.75, 3.05) is 20.7 Å². The number of hydrogen-bond acceptors (Lipinski definition) is 4. The highest BCUT2D eigenvalue weighted by Gasteiger charge is 2.36. The van der Waals surface area contributed by atoms with Crippen LogP contribution in [0.5, 0.6) is 5.75 Å². The summed E-state index contributed by atoms with van der Waals surface area (Å²) in [5.74, 6) is 1.57. The molecule has 1 aliphatic rings. The Morgan fingerprint density at radius 3 is 2.62 bits per heavy atom. The molecule has 1 saturated heterocycles. The van der Waals surface area contributed by atoms with Crippen LogP contribution in [0.15, 0.2) is 47.1 Å². The van der Waals surface area contributed by atoms with Gasteiger partial charge in [-0.25, -0.2) is 0 Å². The van der Waals surface area contributed by atoms with Crippen LogP contribution in [0.25, 0.3) is 0 Å². The topological polar surface area (TPSA) is 45.9 Å². The second kappa shape index (κ2) is 7.96. The minimum atomic E-state index is -0.0422. The first kappa shape index (κ1) is 18.5. The maximum absolute atomic E-state index is 13.2. The Balaban J connectivity index is 1.87. The number of amides is 1. The van der Waals surface area contributed by atoms with Gasteiger partial charge in [0.25, 0.3) is 5.91 Å². The minimum absolute atomic E-state index is 0.0422. The molecule has 3 atom stereocenters. The van der Waals surface area contributed by atoms with E-state index in [1.807, 2.05) is 29.2 Å². The number of likely N-dealkylation sites (tertiary alicyclic amines) is 1. The van der Waals surface area contributed by atoms with Crippen LogP contribution < -0.4 is 4.74 Å². The summed E-state index contributed by atoms with van der Waals surface area (Å²) in [5.41, 5.74) is 1.09. The van der Waals surface area contributed by atoms with Crippen molar-refractivity contribution in [3.63, 3.8) is 0 Å². The van der Waals surface area contributed by atoms with Gasteiger partial charge in [-0.3, -0.25) is 4.79 Å². The highest BCUT2D eigenvalue weighted by Crippen LogP contribution is 2.28. The number of ether oxygens (including phenoxy) is 1. The third-order valence-electron chi connectivity index (χ3n) is 5.47. The Morgan fingerprint density at radius 1 is 1.27 bits per heavy atom. The summed E-state index contributed by atoms with van der Waals surface area (Å²) in [6, 6.07) is 12.0. The summed E-state index contributed by atoms with van der Waals surface area (Å²) in [7, 11) is 3.81. The Bertz CT molecular complexity index is 711. The van der Waals surface area contributed by atoms with Gasteiger partial charge in [0.05, 0.1) is 13.4 Å². The van der Waals surface area contributed by atoms with E-state index < -0.39 is 0 Å². The number of methoxy groups -OCH3 is 1. The Morgan fingerprint density at radius 2 is 2.00 bits per heavy atom. The SMILES string of the molecule is COc1ccc(CN(C(=O)c2ccco2)[C@@H]2C[C@@H](C)N(C)C[C@H]2C)cc1. The monoisotopic (exact) mass is 356 g/mol. The van der Waals surface area contributed by atoms with Crippen LogP contribution in [0.1, 0.15) is 36.4 Å². The largest absolute Gasteiger partial charge is 0.497 e. The van der Waals surface area contributed by atoms with Crippen molar-refractivity contribution in [3.8, 4) is 5.75 Å². The van der Waals surface area contributed by atoms with Gasteiger partial charge < -0.3 is 19.0 Å².